The van der Waals surface area contributed by atoms with Crippen molar-refractivity contribution in [2.75, 3.05) is 6.54 Å². The Morgan fingerprint density at radius 2 is 1.88 bits per heavy atom. The zero-order chi connectivity index (χ0) is 18.0. The van der Waals surface area contributed by atoms with E-state index in [0.29, 0.717) is 28.9 Å². The summed E-state index contributed by atoms with van der Waals surface area (Å²) < 4.78 is 33.2. The predicted molar refractivity (Wildman–Crippen MR) is 97.3 cm³/mol. The third kappa shape index (κ3) is 4.07. The van der Waals surface area contributed by atoms with Gasteiger partial charge in [0, 0.05) is 17.5 Å². The van der Waals surface area contributed by atoms with Crippen LogP contribution in [0.1, 0.15) is 48.6 Å². The van der Waals surface area contributed by atoms with Gasteiger partial charge in [-0.1, -0.05) is 41.7 Å². The van der Waals surface area contributed by atoms with E-state index in [1.807, 2.05) is 24.3 Å². The first-order chi connectivity index (χ1) is 11.9. The van der Waals surface area contributed by atoms with Gasteiger partial charge in [-0.3, -0.25) is 0 Å². The summed E-state index contributed by atoms with van der Waals surface area (Å²) in [7, 11) is -3.65. The molecule has 1 aromatic heterocycles. The lowest BCUT2D eigenvalue weighted by molar-refractivity contribution is 0.390. The maximum absolute atomic E-state index is 12.7. The molecule has 1 saturated carbocycles. The van der Waals surface area contributed by atoms with Gasteiger partial charge in [0.15, 0.2) is 5.76 Å². The average Bonchev–Trinajstić information content (AvgIpc) is 3.19. The van der Waals surface area contributed by atoms with Crippen LogP contribution < -0.4 is 4.72 Å². The molecule has 1 aromatic carbocycles. The topological polar surface area (TPSA) is 72.2 Å². The number of hydrogen-bond donors (Lipinski definition) is 1. The van der Waals surface area contributed by atoms with Crippen LogP contribution in [0, 0.1) is 19.8 Å². The Labute approximate surface area is 153 Å². The molecule has 1 aliphatic rings. The van der Waals surface area contributed by atoms with E-state index in [4.69, 9.17) is 16.1 Å². The number of aryl methyl sites for hydroxylation is 2. The highest BCUT2D eigenvalue weighted by Gasteiger charge is 2.30. The number of aromatic nitrogens is 1. The van der Waals surface area contributed by atoms with E-state index in [1.54, 1.807) is 13.8 Å². The van der Waals surface area contributed by atoms with Gasteiger partial charge in [-0.2, -0.15) is 0 Å². The molecule has 0 spiro atoms. The first kappa shape index (κ1) is 18.4. The molecule has 1 heterocycles. The maximum atomic E-state index is 12.7. The van der Waals surface area contributed by atoms with Crippen molar-refractivity contribution in [1.29, 1.82) is 0 Å². The van der Waals surface area contributed by atoms with E-state index in [1.165, 1.54) is 12.8 Å². The van der Waals surface area contributed by atoms with Crippen LogP contribution in [0.4, 0.5) is 0 Å². The smallest absolute Gasteiger partial charge is 0.245 e. The van der Waals surface area contributed by atoms with Crippen LogP contribution in [0.2, 0.25) is 5.02 Å². The molecule has 1 N–H and O–H groups in total. The standard InChI is InChI=1S/C18H23ClN2O3S/c1-12-18(13(2)24-21-12)25(22,23)20-11-17(14-5-3-4-6-14)15-7-9-16(19)10-8-15/h7-10,14,17,20H,3-6,11H2,1-2H3. The molecule has 5 nitrogen and oxygen atoms in total. The third-order valence-electron chi connectivity index (χ3n) is 5.00. The second kappa shape index (κ2) is 7.48. The van der Waals surface area contributed by atoms with Gasteiger partial charge in [-0.15, -0.1) is 0 Å². The summed E-state index contributed by atoms with van der Waals surface area (Å²) in [5, 5.41) is 4.43. The molecular weight excluding hydrogens is 360 g/mol. The average molecular weight is 383 g/mol. The monoisotopic (exact) mass is 382 g/mol. The number of hydrogen-bond acceptors (Lipinski definition) is 4. The van der Waals surface area contributed by atoms with Crippen LogP contribution in [0.25, 0.3) is 0 Å². The zero-order valence-corrected chi connectivity index (χ0v) is 16.0. The lowest BCUT2D eigenvalue weighted by Crippen LogP contribution is -2.31. The lowest BCUT2D eigenvalue weighted by Gasteiger charge is -2.24. The van der Waals surface area contributed by atoms with Crippen molar-refractivity contribution in [1.82, 2.24) is 9.88 Å². The van der Waals surface area contributed by atoms with Gasteiger partial charge >= 0.3 is 0 Å². The maximum Gasteiger partial charge on any atom is 0.245 e. The minimum absolute atomic E-state index is 0.134. The molecule has 1 unspecified atom stereocenters. The predicted octanol–water partition coefficient (Wildman–Crippen LogP) is 4.20. The second-order valence-electron chi connectivity index (χ2n) is 6.71. The van der Waals surface area contributed by atoms with Gasteiger partial charge < -0.3 is 4.52 Å². The molecule has 1 atom stereocenters. The Hall–Kier alpha value is -1.37. The van der Waals surface area contributed by atoms with Crippen LogP contribution in [0.3, 0.4) is 0 Å². The molecule has 7 heteroatoms. The van der Waals surface area contributed by atoms with E-state index in [0.717, 1.165) is 18.4 Å². The number of nitrogens with one attached hydrogen (secondary N) is 1. The van der Waals surface area contributed by atoms with Gasteiger partial charge in [0.2, 0.25) is 10.0 Å². The Morgan fingerprint density at radius 1 is 1.24 bits per heavy atom. The molecule has 25 heavy (non-hydrogen) atoms. The Balaban J connectivity index is 1.82. The van der Waals surface area contributed by atoms with Crippen LogP contribution in [0.15, 0.2) is 33.7 Å². The lowest BCUT2D eigenvalue weighted by atomic mass is 9.85. The van der Waals surface area contributed by atoms with Crippen LogP contribution >= 0.6 is 11.6 Å². The summed E-state index contributed by atoms with van der Waals surface area (Å²) in [5.41, 5.74) is 1.51. The number of benzene rings is 1. The quantitative estimate of drug-likeness (QED) is 0.812. The Bertz CT molecular complexity index is 805. The fraction of sp³-hybridized carbons (Fsp3) is 0.500. The summed E-state index contributed by atoms with van der Waals surface area (Å²) in [4.78, 5) is 0.147. The van der Waals surface area contributed by atoms with E-state index in [-0.39, 0.29) is 10.8 Å². The SMILES string of the molecule is Cc1noc(C)c1S(=O)(=O)NCC(c1ccc(Cl)cc1)C1CCCC1. The van der Waals surface area contributed by atoms with E-state index < -0.39 is 10.0 Å². The van der Waals surface area contributed by atoms with Gasteiger partial charge in [0.1, 0.15) is 10.6 Å². The molecule has 0 radical (unpaired) electrons. The van der Waals surface area contributed by atoms with Crippen molar-refractivity contribution >= 4 is 21.6 Å². The molecule has 1 aliphatic carbocycles. The van der Waals surface area contributed by atoms with Crippen molar-refractivity contribution in [2.24, 2.45) is 5.92 Å². The first-order valence-corrected chi connectivity index (χ1v) is 10.4. The van der Waals surface area contributed by atoms with Crippen molar-refractivity contribution in [3.8, 4) is 0 Å². The Morgan fingerprint density at radius 3 is 2.44 bits per heavy atom. The van der Waals surface area contributed by atoms with Crippen LogP contribution in [-0.4, -0.2) is 20.1 Å². The fourth-order valence-corrected chi connectivity index (χ4v) is 5.27. The summed E-state index contributed by atoms with van der Waals surface area (Å²) in [6.07, 6.45) is 4.65. The number of sulfonamides is 1. The van der Waals surface area contributed by atoms with E-state index in [2.05, 4.69) is 9.88 Å². The van der Waals surface area contributed by atoms with Crippen LogP contribution in [0.5, 0.6) is 0 Å². The summed E-state index contributed by atoms with van der Waals surface area (Å²) in [5.74, 6) is 0.928. The molecule has 3 rings (SSSR count). The third-order valence-corrected chi connectivity index (χ3v) is 6.92. The summed E-state index contributed by atoms with van der Waals surface area (Å²) in [6.45, 7) is 3.61. The second-order valence-corrected chi connectivity index (χ2v) is 8.85. The van der Waals surface area contributed by atoms with Crippen LogP contribution in [-0.2, 0) is 10.0 Å². The highest BCUT2D eigenvalue weighted by Crippen LogP contribution is 2.37. The molecule has 136 valence electrons. The highest BCUT2D eigenvalue weighted by molar-refractivity contribution is 7.89. The normalized spacial score (nSPS) is 17.1. The molecule has 0 bridgehead atoms. The molecule has 2 aromatic rings. The minimum atomic E-state index is -3.65. The largest absolute Gasteiger partial charge is 0.360 e. The molecular formula is C18H23ClN2O3S. The van der Waals surface area contributed by atoms with Gasteiger partial charge in [0.05, 0.1) is 0 Å². The molecule has 0 amide bonds. The fourth-order valence-electron chi connectivity index (χ4n) is 3.76. The molecule has 1 fully saturated rings. The minimum Gasteiger partial charge on any atom is -0.360 e. The van der Waals surface area contributed by atoms with E-state index >= 15 is 0 Å². The van der Waals surface area contributed by atoms with Gasteiger partial charge in [-0.25, -0.2) is 13.1 Å². The van der Waals surface area contributed by atoms with Crippen molar-refractivity contribution < 1.29 is 12.9 Å². The molecule has 0 saturated heterocycles. The highest BCUT2D eigenvalue weighted by atomic mass is 35.5. The number of rotatable bonds is 6. The summed E-state index contributed by atoms with van der Waals surface area (Å²) in [6, 6.07) is 7.72. The molecule has 0 aliphatic heterocycles. The van der Waals surface area contributed by atoms with E-state index in [9.17, 15) is 8.42 Å². The number of nitrogens with zero attached hydrogens (tertiary/aromatic N) is 1. The van der Waals surface area contributed by atoms with Crippen molar-refractivity contribution in [3.05, 3.63) is 46.3 Å². The van der Waals surface area contributed by atoms with Crippen molar-refractivity contribution in [3.63, 3.8) is 0 Å². The number of halogens is 1. The van der Waals surface area contributed by atoms with Gasteiger partial charge in [0.25, 0.3) is 0 Å². The zero-order valence-electron chi connectivity index (χ0n) is 14.5. The first-order valence-electron chi connectivity index (χ1n) is 8.56. The van der Waals surface area contributed by atoms with Gasteiger partial charge in [-0.05, 0) is 50.3 Å². The van der Waals surface area contributed by atoms with Crippen molar-refractivity contribution in [2.45, 2.75) is 50.3 Å². The Kier molecular flexibility index (Phi) is 5.51. The summed E-state index contributed by atoms with van der Waals surface area (Å²) >= 11 is 6.00.